The van der Waals surface area contributed by atoms with Crippen molar-refractivity contribution in [3.05, 3.63) is 36.7 Å². The van der Waals surface area contributed by atoms with Gasteiger partial charge in [0.25, 0.3) is 0 Å². The van der Waals surface area contributed by atoms with Crippen LogP contribution in [0.15, 0.2) is 41.0 Å². The van der Waals surface area contributed by atoms with Crippen molar-refractivity contribution in [2.45, 2.75) is 13.0 Å². The molecule has 0 aliphatic carbocycles. The zero-order valence-corrected chi connectivity index (χ0v) is 20.2. The van der Waals surface area contributed by atoms with E-state index in [2.05, 4.69) is 54.5 Å². The van der Waals surface area contributed by atoms with E-state index in [-0.39, 0.29) is 6.04 Å². The summed E-state index contributed by atoms with van der Waals surface area (Å²) in [6, 6.07) is 8.26. The van der Waals surface area contributed by atoms with Gasteiger partial charge in [-0.3, -0.25) is 3.97 Å². The van der Waals surface area contributed by atoms with Crippen molar-refractivity contribution in [1.29, 1.82) is 0 Å². The van der Waals surface area contributed by atoms with Gasteiger partial charge in [0.15, 0.2) is 11.5 Å². The molecule has 0 saturated carbocycles. The molecule has 1 aliphatic heterocycles. The minimum atomic E-state index is -2.33. The summed E-state index contributed by atoms with van der Waals surface area (Å²) in [6.07, 6.45) is 7.05. The van der Waals surface area contributed by atoms with Crippen LogP contribution < -0.4 is 4.90 Å². The van der Waals surface area contributed by atoms with E-state index in [1.165, 1.54) is 0 Å². The SMILES string of the molecule is C[C@@H]1COCCN1c1cc(N=S(C)(C)=O)nc(-c2ccnc3c2ccn3SI)c1. The zero-order chi connectivity index (χ0) is 20.6. The molecule has 0 aromatic carbocycles. The number of rotatable bonds is 4. The summed E-state index contributed by atoms with van der Waals surface area (Å²) in [5.41, 5.74) is 3.69. The molecule has 0 N–H and O–H groups in total. The molecule has 0 unspecified atom stereocenters. The Labute approximate surface area is 187 Å². The number of morpholine rings is 1. The Morgan fingerprint density at radius 2 is 2.17 bits per heavy atom. The lowest BCUT2D eigenvalue weighted by Crippen LogP contribution is -2.43. The van der Waals surface area contributed by atoms with Crippen LogP contribution in [0.1, 0.15) is 6.92 Å². The smallest absolute Gasteiger partial charge is 0.164 e. The van der Waals surface area contributed by atoms with Gasteiger partial charge in [-0.1, -0.05) is 0 Å². The third-order valence-corrected chi connectivity index (χ3v) is 7.06. The molecule has 1 saturated heterocycles. The highest BCUT2D eigenvalue weighted by Crippen LogP contribution is 2.34. The molecule has 4 heterocycles. The first-order chi connectivity index (χ1) is 13.9. The standard InChI is InChI=1S/C19H22IN5O2S2/c1-13-12-27-9-8-24(13)14-10-17(22-18(11-14)23-29(2,3)26)15-4-6-21-19-16(15)5-7-25(19)28-20/h4-7,10-11,13H,8-9,12H2,1-3H3/t13-/m1/s1. The Kier molecular flexibility index (Phi) is 6.05. The number of fused-ring (bicyclic) bond motifs is 1. The Hall–Kier alpha value is -1.37. The van der Waals surface area contributed by atoms with Crippen LogP contribution in [0.5, 0.6) is 0 Å². The number of anilines is 1. The number of hydrogen-bond donors (Lipinski definition) is 0. The van der Waals surface area contributed by atoms with Crippen molar-refractivity contribution < 1.29 is 8.95 Å². The lowest BCUT2D eigenvalue weighted by atomic mass is 10.1. The monoisotopic (exact) mass is 543 g/mol. The molecule has 1 aliphatic rings. The first-order valence-corrected chi connectivity index (χ1v) is 14.8. The van der Waals surface area contributed by atoms with Crippen LogP contribution in [0.3, 0.4) is 0 Å². The van der Waals surface area contributed by atoms with Crippen LogP contribution in [0.25, 0.3) is 22.3 Å². The van der Waals surface area contributed by atoms with Crippen molar-refractivity contribution in [3.8, 4) is 11.3 Å². The minimum absolute atomic E-state index is 0.244. The third kappa shape index (κ3) is 4.54. The van der Waals surface area contributed by atoms with E-state index in [1.54, 1.807) is 27.8 Å². The summed E-state index contributed by atoms with van der Waals surface area (Å²) in [6.45, 7) is 4.30. The fourth-order valence-electron chi connectivity index (χ4n) is 3.48. The van der Waals surface area contributed by atoms with Crippen LogP contribution in [0, 0.1) is 0 Å². The maximum absolute atomic E-state index is 12.4. The van der Waals surface area contributed by atoms with Crippen LogP contribution >= 0.6 is 30.3 Å². The topological polar surface area (TPSA) is 72.6 Å². The normalized spacial score (nSPS) is 17.7. The average molecular weight is 543 g/mol. The van der Waals surface area contributed by atoms with Gasteiger partial charge in [-0.05, 0) is 25.1 Å². The van der Waals surface area contributed by atoms with Gasteiger partial charge in [-0.2, -0.15) is 4.36 Å². The van der Waals surface area contributed by atoms with Gasteiger partial charge in [0.05, 0.1) is 18.9 Å². The van der Waals surface area contributed by atoms with Crippen LogP contribution in [-0.2, 0) is 14.5 Å². The van der Waals surface area contributed by atoms with Gasteiger partial charge in [0.2, 0.25) is 0 Å². The lowest BCUT2D eigenvalue weighted by Gasteiger charge is -2.35. The van der Waals surface area contributed by atoms with Crippen molar-refractivity contribution in [3.63, 3.8) is 0 Å². The van der Waals surface area contributed by atoms with E-state index in [4.69, 9.17) is 9.72 Å². The number of pyridine rings is 2. The molecule has 0 radical (unpaired) electrons. The summed E-state index contributed by atoms with van der Waals surface area (Å²) in [4.78, 5) is 11.6. The quantitative estimate of drug-likeness (QED) is 0.451. The van der Waals surface area contributed by atoms with Crippen LogP contribution in [-0.4, -0.2) is 56.5 Å². The maximum atomic E-state index is 12.4. The van der Waals surface area contributed by atoms with Gasteiger partial charge in [-0.15, -0.1) is 0 Å². The van der Waals surface area contributed by atoms with E-state index in [9.17, 15) is 4.21 Å². The molecular formula is C19H22IN5O2S2. The lowest BCUT2D eigenvalue weighted by molar-refractivity contribution is 0.0989. The number of ether oxygens (including phenoxy) is 1. The van der Waals surface area contributed by atoms with Crippen molar-refractivity contribution in [2.75, 3.05) is 37.2 Å². The predicted molar refractivity (Wildman–Crippen MR) is 130 cm³/mol. The van der Waals surface area contributed by atoms with E-state index >= 15 is 0 Å². The number of hydrogen-bond acceptors (Lipinski definition) is 7. The van der Waals surface area contributed by atoms with E-state index < -0.39 is 9.73 Å². The van der Waals surface area contributed by atoms with E-state index in [1.807, 2.05) is 22.3 Å². The Balaban J connectivity index is 1.91. The molecule has 1 atom stereocenters. The first-order valence-electron chi connectivity index (χ1n) is 9.15. The van der Waals surface area contributed by atoms with Gasteiger partial charge in [-0.25, -0.2) is 14.2 Å². The average Bonchev–Trinajstić information content (AvgIpc) is 3.10. The molecule has 0 amide bonds. The van der Waals surface area contributed by atoms with Crippen LogP contribution in [0.2, 0.25) is 0 Å². The molecule has 0 bridgehead atoms. The first kappa shape index (κ1) is 20.9. The Bertz CT molecular complexity index is 1160. The van der Waals surface area contributed by atoms with Gasteiger partial charge >= 0.3 is 0 Å². The van der Waals surface area contributed by atoms with Gasteiger partial charge < -0.3 is 9.64 Å². The number of nitrogens with zero attached hydrogens (tertiary/aromatic N) is 5. The third-order valence-electron chi connectivity index (χ3n) is 4.71. The fraction of sp³-hybridized carbons (Fsp3) is 0.368. The van der Waals surface area contributed by atoms with E-state index in [0.29, 0.717) is 19.0 Å². The number of halogens is 1. The number of aromatic nitrogens is 3. The summed E-state index contributed by atoms with van der Waals surface area (Å²) < 4.78 is 24.4. The zero-order valence-electron chi connectivity index (χ0n) is 16.4. The van der Waals surface area contributed by atoms with Crippen molar-refractivity contribution >= 4 is 62.6 Å². The van der Waals surface area contributed by atoms with Gasteiger partial charge in [0.1, 0.15) is 0 Å². The summed E-state index contributed by atoms with van der Waals surface area (Å²) in [5.74, 6) is 0.485. The van der Waals surface area contributed by atoms with Crippen molar-refractivity contribution in [2.24, 2.45) is 4.36 Å². The fourth-order valence-corrected chi connectivity index (χ4v) is 5.30. The second-order valence-corrected chi connectivity index (χ2v) is 11.5. The molecule has 0 spiro atoms. The highest BCUT2D eigenvalue weighted by molar-refractivity contribution is 14.2. The largest absolute Gasteiger partial charge is 0.377 e. The molecule has 4 rings (SSSR count). The van der Waals surface area contributed by atoms with Crippen LogP contribution in [0.4, 0.5) is 11.5 Å². The molecular weight excluding hydrogens is 521 g/mol. The highest BCUT2D eigenvalue weighted by atomic mass is 127. The molecule has 154 valence electrons. The van der Waals surface area contributed by atoms with Crippen molar-refractivity contribution in [1.82, 2.24) is 13.9 Å². The molecule has 29 heavy (non-hydrogen) atoms. The summed E-state index contributed by atoms with van der Waals surface area (Å²) in [7, 11) is -0.760. The summed E-state index contributed by atoms with van der Waals surface area (Å²) >= 11 is 2.24. The Morgan fingerprint density at radius 1 is 1.34 bits per heavy atom. The van der Waals surface area contributed by atoms with Gasteiger partial charge in [0, 0.05) is 100 Å². The minimum Gasteiger partial charge on any atom is -0.377 e. The molecule has 1 fully saturated rings. The second-order valence-electron chi connectivity index (χ2n) is 7.27. The maximum Gasteiger partial charge on any atom is 0.164 e. The molecule has 3 aromatic heterocycles. The second kappa shape index (κ2) is 8.40. The molecule has 7 nitrogen and oxygen atoms in total. The predicted octanol–water partition coefficient (Wildman–Crippen LogP) is 4.53. The molecule has 10 heteroatoms. The van der Waals surface area contributed by atoms with E-state index in [0.717, 1.165) is 34.5 Å². The highest BCUT2D eigenvalue weighted by Gasteiger charge is 2.21. The summed E-state index contributed by atoms with van der Waals surface area (Å²) in [5, 5.41) is 1.02. The Morgan fingerprint density at radius 3 is 2.90 bits per heavy atom. The molecule has 3 aromatic rings.